The van der Waals surface area contributed by atoms with Crippen LogP contribution in [0.4, 0.5) is 30.6 Å². The number of halogens is 3. The number of nitrogens with two attached hydrogens (primary N) is 1. The van der Waals surface area contributed by atoms with Crippen molar-refractivity contribution < 1.29 is 17.9 Å². The molecule has 4 rings (SSSR count). The van der Waals surface area contributed by atoms with E-state index in [2.05, 4.69) is 35.5 Å². The van der Waals surface area contributed by atoms with Crippen molar-refractivity contribution in [2.75, 3.05) is 51.4 Å². The van der Waals surface area contributed by atoms with E-state index in [1.165, 1.54) is 6.92 Å². The van der Waals surface area contributed by atoms with Crippen LogP contribution in [0, 0.1) is 6.92 Å². The highest BCUT2D eigenvalue weighted by Crippen LogP contribution is 2.30. The van der Waals surface area contributed by atoms with Gasteiger partial charge >= 0.3 is 0 Å². The van der Waals surface area contributed by atoms with E-state index in [-0.39, 0.29) is 12.5 Å². The van der Waals surface area contributed by atoms with Gasteiger partial charge in [-0.1, -0.05) is 6.92 Å². The number of hydrogen-bond acceptors (Lipinski definition) is 9. The van der Waals surface area contributed by atoms with Crippen molar-refractivity contribution in [3.63, 3.8) is 0 Å². The summed E-state index contributed by atoms with van der Waals surface area (Å²) < 4.78 is 43.0. The van der Waals surface area contributed by atoms with Gasteiger partial charge in [0.25, 0.3) is 0 Å². The second-order valence-corrected chi connectivity index (χ2v) is 8.59. The number of anilines is 2. The maximum absolute atomic E-state index is 14.7. The summed E-state index contributed by atoms with van der Waals surface area (Å²) in [5, 5.41) is 15.5. The van der Waals surface area contributed by atoms with Gasteiger partial charge in [0.1, 0.15) is 17.4 Å². The van der Waals surface area contributed by atoms with Crippen LogP contribution in [0.25, 0.3) is 16.8 Å². The van der Waals surface area contributed by atoms with Crippen molar-refractivity contribution in [2.24, 2.45) is 10.2 Å². The maximum atomic E-state index is 14.7. The highest BCUT2D eigenvalue weighted by Gasteiger charge is 2.30. The second-order valence-electron chi connectivity index (χ2n) is 8.59. The Morgan fingerprint density at radius 3 is 2.65 bits per heavy atom. The number of nitrogens with zero attached hydrogens (tertiary/aromatic N) is 7. The molecule has 3 aromatic heterocycles. The molecule has 0 aliphatic carbocycles. The van der Waals surface area contributed by atoms with E-state index in [1.54, 1.807) is 24.9 Å². The number of methoxy groups -OCH3 is 1. The monoisotopic (exact) mass is 521 g/mol. The molecule has 2 atom stereocenters. The quantitative estimate of drug-likeness (QED) is 0.418. The first-order valence-corrected chi connectivity index (χ1v) is 12.1. The Hall–Kier alpha value is -3.32. The molecule has 4 heterocycles. The van der Waals surface area contributed by atoms with Gasteiger partial charge in [0.05, 0.1) is 24.0 Å². The molecule has 1 aliphatic rings. The number of rotatable bonds is 8. The van der Waals surface area contributed by atoms with Crippen LogP contribution in [-0.4, -0.2) is 83.5 Å². The number of hydrogen-bond donors (Lipinski definition) is 2. The molecular formula is C24H34F3N9O. The SMILES string of the molecule is CCC(F)F.CN=Nc1ccc(-c2ccn3nc(NC4CCN(CCOC)CC4F)nc(N)c23)nc1C. The van der Waals surface area contributed by atoms with Crippen molar-refractivity contribution in [1.82, 2.24) is 24.5 Å². The van der Waals surface area contributed by atoms with Gasteiger partial charge in [-0.2, -0.15) is 15.2 Å². The molecule has 0 spiro atoms. The van der Waals surface area contributed by atoms with Crippen LogP contribution in [0.1, 0.15) is 25.5 Å². The van der Waals surface area contributed by atoms with Crippen LogP contribution in [0.15, 0.2) is 34.6 Å². The normalized spacial score (nSPS) is 18.4. The van der Waals surface area contributed by atoms with E-state index in [9.17, 15) is 13.2 Å². The van der Waals surface area contributed by atoms with E-state index in [4.69, 9.17) is 10.5 Å². The molecule has 202 valence electrons. The number of fused-ring (bicyclic) bond motifs is 1. The molecule has 2 unspecified atom stereocenters. The minimum Gasteiger partial charge on any atom is -0.383 e. The number of alkyl halides is 3. The lowest BCUT2D eigenvalue weighted by Crippen LogP contribution is -2.48. The van der Waals surface area contributed by atoms with Crippen molar-refractivity contribution in [3.05, 3.63) is 30.1 Å². The summed E-state index contributed by atoms with van der Waals surface area (Å²) in [6.45, 7) is 5.78. The van der Waals surface area contributed by atoms with Gasteiger partial charge in [-0.05, 0) is 31.5 Å². The first-order chi connectivity index (χ1) is 17.8. The largest absolute Gasteiger partial charge is 0.383 e. The topological polar surface area (TPSA) is 118 Å². The number of pyridine rings is 1. The van der Waals surface area contributed by atoms with E-state index in [1.807, 2.05) is 25.1 Å². The summed E-state index contributed by atoms with van der Waals surface area (Å²) in [6, 6.07) is 5.24. The molecule has 13 heteroatoms. The third kappa shape index (κ3) is 7.35. The summed E-state index contributed by atoms with van der Waals surface area (Å²) >= 11 is 0. The second kappa shape index (κ2) is 13.3. The number of ether oxygens (including phenoxy) is 1. The molecule has 0 amide bonds. The molecule has 0 aromatic carbocycles. The summed E-state index contributed by atoms with van der Waals surface area (Å²) in [5.41, 5.74) is 9.96. The fourth-order valence-electron chi connectivity index (χ4n) is 3.96. The first kappa shape index (κ1) is 28.3. The van der Waals surface area contributed by atoms with E-state index in [0.717, 1.165) is 30.0 Å². The molecule has 3 aromatic rings. The lowest BCUT2D eigenvalue weighted by molar-refractivity contribution is 0.0918. The molecule has 0 bridgehead atoms. The highest BCUT2D eigenvalue weighted by atomic mass is 19.3. The predicted molar refractivity (Wildman–Crippen MR) is 137 cm³/mol. The molecule has 37 heavy (non-hydrogen) atoms. The third-order valence-electron chi connectivity index (χ3n) is 5.94. The van der Waals surface area contributed by atoms with Gasteiger partial charge in [-0.3, -0.25) is 9.88 Å². The summed E-state index contributed by atoms with van der Waals surface area (Å²) in [7, 11) is 3.27. The van der Waals surface area contributed by atoms with Gasteiger partial charge in [0, 0.05) is 52.0 Å². The molecule has 1 aliphatic heterocycles. The average Bonchev–Trinajstić information content (AvgIpc) is 3.30. The smallest absolute Gasteiger partial charge is 0.243 e. The van der Waals surface area contributed by atoms with Crippen LogP contribution in [0.2, 0.25) is 0 Å². The molecule has 0 radical (unpaired) electrons. The Morgan fingerprint density at radius 2 is 2.03 bits per heavy atom. The number of nitrogen functional groups attached to an aromatic ring is 1. The molecule has 1 saturated heterocycles. The summed E-state index contributed by atoms with van der Waals surface area (Å²) in [6.07, 6.45) is -0.735. The molecule has 1 fully saturated rings. The van der Waals surface area contributed by atoms with Gasteiger partial charge in [-0.15, -0.1) is 5.10 Å². The van der Waals surface area contributed by atoms with Gasteiger partial charge in [0.2, 0.25) is 12.4 Å². The summed E-state index contributed by atoms with van der Waals surface area (Å²) in [5.74, 6) is 0.602. The van der Waals surface area contributed by atoms with Crippen LogP contribution >= 0.6 is 0 Å². The number of azo groups is 1. The molecule has 3 N–H and O–H groups in total. The fourth-order valence-corrected chi connectivity index (χ4v) is 3.96. The van der Waals surface area contributed by atoms with Crippen LogP contribution < -0.4 is 11.1 Å². The standard InChI is InChI=1S/C21H28FN9O.C3H6F2/c1-13-16(28-24-2)4-5-17(25-13)14-6-9-31-19(14)20(23)27-21(29-31)26-18-7-8-30(10-11-32-3)12-15(18)22;1-2-3(4)5/h4-6,9,15,18H,7-8,10-12H2,1-3H3,(H3,23,26,27,29);3H,2H2,1H3. The minimum absolute atomic E-state index is 0.0278. The Morgan fingerprint density at radius 1 is 1.27 bits per heavy atom. The summed E-state index contributed by atoms with van der Waals surface area (Å²) in [4.78, 5) is 11.1. The lowest BCUT2D eigenvalue weighted by atomic mass is 10.0. The van der Waals surface area contributed by atoms with E-state index in [0.29, 0.717) is 42.5 Å². The zero-order chi connectivity index (χ0) is 26.9. The van der Waals surface area contributed by atoms with Gasteiger partial charge in [-0.25, -0.2) is 17.7 Å². The molecule has 0 saturated carbocycles. The van der Waals surface area contributed by atoms with E-state index < -0.39 is 12.6 Å². The van der Waals surface area contributed by atoms with Gasteiger partial charge in [0.15, 0.2) is 5.82 Å². The number of piperidine rings is 1. The van der Waals surface area contributed by atoms with E-state index >= 15 is 0 Å². The van der Waals surface area contributed by atoms with Crippen LogP contribution in [-0.2, 0) is 4.74 Å². The Kier molecular flexibility index (Phi) is 10.1. The first-order valence-electron chi connectivity index (χ1n) is 12.1. The molecule has 10 nitrogen and oxygen atoms in total. The zero-order valence-electron chi connectivity index (χ0n) is 21.5. The van der Waals surface area contributed by atoms with Crippen LogP contribution in [0.3, 0.4) is 0 Å². The van der Waals surface area contributed by atoms with Crippen molar-refractivity contribution in [3.8, 4) is 11.3 Å². The van der Waals surface area contributed by atoms with Crippen molar-refractivity contribution in [2.45, 2.75) is 45.3 Å². The molecular weight excluding hydrogens is 487 g/mol. The minimum atomic E-state index is -2.12. The Labute approximate surface area is 214 Å². The average molecular weight is 522 g/mol. The predicted octanol–water partition coefficient (Wildman–Crippen LogP) is 4.53. The number of likely N-dealkylation sites (tertiary alicyclic amines) is 1. The van der Waals surface area contributed by atoms with Crippen molar-refractivity contribution in [1.29, 1.82) is 0 Å². The fraction of sp³-hybridized carbons (Fsp3) is 0.542. The zero-order valence-corrected chi connectivity index (χ0v) is 21.5. The lowest BCUT2D eigenvalue weighted by Gasteiger charge is -2.34. The number of nitrogens with one attached hydrogen (secondary N) is 1. The third-order valence-corrected chi connectivity index (χ3v) is 5.94. The van der Waals surface area contributed by atoms with Crippen molar-refractivity contribution >= 4 is 23.0 Å². The highest BCUT2D eigenvalue weighted by molar-refractivity contribution is 5.86. The Bertz CT molecular complexity index is 1190. The number of aryl methyl sites for hydroxylation is 1. The number of aromatic nitrogens is 4. The maximum Gasteiger partial charge on any atom is 0.243 e. The van der Waals surface area contributed by atoms with Crippen LogP contribution in [0.5, 0.6) is 0 Å². The van der Waals surface area contributed by atoms with Gasteiger partial charge < -0.3 is 15.8 Å². The Balaban J connectivity index is 0.000000695.